The zero-order valence-corrected chi connectivity index (χ0v) is 11.7. The van der Waals surface area contributed by atoms with E-state index in [-0.39, 0.29) is 23.3 Å². The van der Waals surface area contributed by atoms with Crippen molar-refractivity contribution in [3.63, 3.8) is 0 Å². The standard InChI is InChI=1S/C14H27NO2/c1-11(13(2,3)4)9-12(17)15-10-14(5-6-14)7-8-16/h11,16H,5-10H2,1-4H3,(H,15,17). The van der Waals surface area contributed by atoms with E-state index in [0.717, 1.165) is 25.8 Å². The van der Waals surface area contributed by atoms with Crippen molar-refractivity contribution in [2.24, 2.45) is 16.7 Å². The van der Waals surface area contributed by atoms with Gasteiger partial charge in [0.15, 0.2) is 0 Å². The summed E-state index contributed by atoms with van der Waals surface area (Å²) in [4.78, 5) is 11.8. The molecule has 17 heavy (non-hydrogen) atoms. The second kappa shape index (κ2) is 5.38. The Morgan fingerprint density at radius 2 is 2.00 bits per heavy atom. The highest BCUT2D eigenvalue weighted by Crippen LogP contribution is 2.47. The number of aliphatic hydroxyl groups is 1. The SMILES string of the molecule is CC(CC(=O)NCC1(CCO)CC1)C(C)(C)C. The van der Waals surface area contributed by atoms with Crippen molar-refractivity contribution in [3.8, 4) is 0 Å². The summed E-state index contributed by atoms with van der Waals surface area (Å²) < 4.78 is 0. The molecule has 0 aromatic heterocycles. The number of hydrogen-bond acceptors (Lipinski definition) is 2. The van der Waals surface area contributed by atoms with Crippen LogP contribution in [0.5, 0.6) is 0 Å². The Kier molecular flexibility index (Phi) is 4.59. The van der Waals surface area contributed by atoms with Gasteiger partial charge in [-0.25, -0.2) is 0 Å². The number of nitrogens with one attached hydrogen (secondary N) is 1. The lowest BCUT2D eigenvalue weighted by Crippen LogP contribution is -2.33. The summed E-state index contributed by atoms with van der Waals surface area (Å²) in [6, 6.07) is 0. The highest BCUT2D eigenvalue weighted by atomic mass is 16.3. The van der Waals surface area contributed by atoms with Crippen LogP contribution in [-0.2, 0) is 4.79 Å². The molecule has 0 heterocycles. The molecule has 3 heteroatoms. The molecular formula is C14H27NO2. The van der Waals surface area contributed by atoms with E-state index in [4.69, 9.17) is 5.11 Å². The predicted octanol–water partition coefficient (Wildman–Crippen LogP) is 2.34. The molecule has 1 amide bonds. The van der Waals surface area contributed by atoms with E-state index >= 15 is 0 Å². The van der Waals surface area contributed by atoms with Gasteiger partial charge >= 0.3 is 0 Å². The Balaban J connectivity index is 2.26. The average molecular weight is 241 g/mol. The van der Waals surface area contributed by atoms with Crippen LogP contribution in [0.2, 0.25) is 0 Å². The molecule has 1 aliphatic rings. The molecule has 2 N–H and O–H groups in total. The lowest BCUT2D eigenvalue weighted by atomic mass is 9.80. The van der Waals surface area contributed by atoms with Gasteiger partial charge in [0.05, 0.1) is 0 Å². The van der Waals surface area contributed by atoms with Crippen molar-refractivity contribution in [3.05, 3.63) is 0 Å². The maximum atomic E-state index is 11.8. The van der Waals surface area contributed by atoms with Crippen LogP contribution in [0, 0.1) is 16.7 Å². The third-order valence-electron chi connectivity index (χ3n) is 4.23. The number of carbonyl (C=O) groups is 1. The van der Waals surface area contributed by atoms with Gasteiger partial charge in [-0.15, -0.1) is 0 Å². The van der Waals surface area contributed by atoms with E-state index < -0.39 is 0 Å². The quantitative estimate of drug-likeness (QED) is 0.750. The number of rotatable bonds is 6. The smallest absolute Gasteiger partial charge is 0.220 e. The van der Waals surface area contributed by atoms with E-state index in [9.17, 15) is 4.79 Å². The fraction of sp³-hybridized carbons (Fsp3) is 0.929. The van der Waals surface area contributed by atoms with E-state index in [1.54, 1.807) is 0 Å². The Hall–Kier alpha value is -0.570. The topological polar surface area (TPSA) is 49.3 Å². The molecule has 0 bridgehead atoms. The second-order valence-electron chi connectivity index (χ2n) is 6.72. The fourth-order valence-corrected chi connectivity index (χ4v) is 1.87. The first-order valence-electron chi connectivity index (χ1n) is 6.67. The van der Waals surface area contributed by atoms with E-state index in [2.05, 4.69) is 33.0 Å². The van der Waals surface area contributed by atoms with Crippen LogP contribution >= 0.6 is 0 Å². The first-order chi connectivity index (χ1) is 7.79. The van der Waals surface area contributed by atoms with E-state index in [0.29, 0.717) is 12.3 Å². The minimum atomic E-state index is 0.150. The van der Waals surface area contributed by atoms with Gasteiger partial charge in [0.25, 0.3) is 0 Å². The molecule has 0 aromatic rings. The van der Waals surface area contributed by atoms with Gasteiger partial charge in [0.2, 0.25) is 5.91 Å². The maximum absolute atomic E-state index is 11.8. The molecular weight excluding hydrogens is 214 g/mol. The van der Waals surface area contributed by atoms with Gasteiger partial charge < -0.3 is 10.4 Å². The minimum absolute atomic E-state index is 0.150. The summed E-state index contributed by atoms with van der Waals surface area (Å²) in [6.45, 7) is 9.59. The minimum Gasteiger partial charge on any atom is -0.396 e. The van der Waals surface area contributed by atoms with Crippen LogP contribution in [0.3, 0.4) is 0 Å². The fourth-order valence-electron chi connectivity index (χ4n) is 1.87. The molecule has 1 atom stereocenters. The normalized spacial score (nSPS) is 19.8. The summed E-state index contributed by atoms with van der Waals surface area (Å²) >= 11 is 0. The van der Waals surface area contributed by atoms with Crippen molar-refractivity contribution in [2.75, 3.05) is 13.2 Å². The summed E-state index contributed by atoms with van der Waals surface area (Å²) in [5.41, 5.74) is 0.398. The summed E-state index contributed by atoms with van der Waals surface area (Å²) in [5.74, 6) is 0.534. The molecule has 1 saturated carbocycles. The van der Waals surface area contributed by atoms with Crippen LogP contribution in [0.4, 0.5) is 0 Å². The van der Waals surface area contributed by atoms with Crippen LogP contribution < -0.4 is 5.32 Å². The predicted molar refractivity (Wildman–Crippen MR) is 69.6 cm³/mol. The lowest BCUT2D eigenvalue weighted by molar-refractivity contribution is -0.123. The van der Waals surface area contributed by atoms with Gasteiger partial charge in [-0.2, -0.15) is 0 Å². The maximum Gasteiger partial charge on any atom is 0.220 e. The number of aliphatic hydroxyl groups excluding tert-OH is 1. The van der Waals surface area contributed by atoms with Crippen LogP contribution in [0.25, 0.3) is 0 Å². The van der Waals surface area contributed by atoms with Gasteiger partial charge in [-0.1, -0.05) is 27.7 Å². The number of carbonyl (C=O) groups excluding carboxylic acids is 1. The molecule has 1 rings (SSSR count). The molecule has 0 aromatic carbocycles. The Morgan fingerprint density at radius 1 is 1.41 bits per heavy atom. The van der Waals surface area contributed by atoms with Gasteiger partial charge in [-0.05, 0) is 36.0 Å². The van der Waals surface area contributed by atoms with E-state index in [1.807, 2.05) is 0 Å². The Bertz CT molecular complexity index is 264. The van der Waals surface area contributed by atoms with Crippen molar-refractivity contribution in [1.82, 2.24) is 5.32 Å². The first kappa shape index (κ1) is 14.5. The number of hydrogen-bond donors (Lipinski definition) is 2. The summed E-state index contributed by atoms with van der Waals surface area (Å²) in [6.07, 6.45) is 3.70. The zero-order valence-electron chi connectivity index (χ0n) is 11.7. The summed E-state index contributed by atoms with van der Waals surface area (Å²) in [7, 11) is 0. The average Bonchev–Trinajstić information content (AvgIpc) is 2.95. The van der Waals surface area contributed by atoms with Gasteiger partial charge in [0, 0.05) is 19.6 Å². The molecule has 3 nitrogen and oxygen atoms in total. The third-order valence-corrected chi connectivity index (χ3v) is 4.23. The Labute approximate surface area is 105 Å². The largest absolute Gasteiger partial charge is 0.396 e. The molecule has 1 unspecified atom stereocenters. The van der Waals surface area contributed by atoms with Crippen molar-refractivity contribution < 1.29 is 9.90 Å². The molecule has 100 valence electrons. The second-order valence-corrected chi connectivity index (χ2v) is 6.72. The van der Waals surface area contributed by atoms with Gasteiger partial charge in [-0.3, -0.25) is 4.79 Å². The lowest BCUT2D eigenvalue weighted by Gasteiger charge is -2.27. The molecule has 1 aliphatic carbocycles. The van der Waals surface area contributed by atoms with Gasteiger partial charge in [0.1, 0.15) is 0 Å². The molecule has 0 saturated heterocycles. The molecule has 1 fully saturated rings. The van der Waals surface area contributed by atoms with Crippen molar-refractivity contribution in [1.29, 1.82) is 0 Å². The van der Waals surface area contributed by atoms with Crippen LogP contribution in [0.15, 0.2) is 0 Å². The van der Waals surface area contributed by atoms with Crippen molar-refractivity contribution >= 4 is 5.91 Å². The summed E-state index contributed by atoms with van der Waals surface area (Å²) in [5, 5.41) is 12.0. The molecule has 0 radical (unpaired) electrons. The monoisotopic (exact) mass is 241 g/mol. The van der Waals surface area contributed by atoms with Crippen molar-refractivity contribution in [2.45, 2.75) is 53.4 Å². The Morgan fingerprint density at radius 3 is 2.41 bits per heavy atom. The van der Waals surface area contributed by atoms with Crippen LogP contribution in [0.1, 0.15) is 53.4 Å². The third kappa shape index (κ3) is 4.66. The van der Waals surface area contributed by atoms with Crippen LogP contribution in [-0.4, -0.2) is 24.2 Å². The number of amides is 1. The zero-order chi connectivity index (χ0) is 13.1. The molecule has 0 aliphatic heterocycles. The van der Waals surface area contributed by atoms with E-state index in [1.165, 1.54) is 0 Å². The molecule has 0 spiro atoms. The highest BCUT2D eigenvalue weighted by molar-refractivity contribution is 5.76. The highest BCUT2D eigenvalue weighted by Gasteiger charge is 2.41. The first-order valence-corrected chi connectivity index (χ1v) is 6.67.